The van der Waals surface area contributed by atoms with E-state index in [1.165, 1.54) is 7.11 Å². The van der Waals surface area contributed by atoms with Crippen LogP contribution in [0, 0.1) is 0 Å². The summed E-state index contributed by atoms with van der Waals surface area (Å²) in [6, 6.07) is 0. The van der Waals surface area contributed by atoms with Gasteiger partial charge in [-0.3, -0.25) is 4.79 Å². The molecule has 13 heavy (non-hydrogen) atoms. The van der Waals surface area contributed by atoms with Crippen molar-refractivity contribution in [1.29, 1.82) is 0 Å². The first kappa shape index (κ1) is 12.4. The molecule has 0 spiro atoms. The first-order chi connectivity index (χ1) is 5.81. The van der Waals surface area contributed by atoms with Gasteiger partial charge in [-0.25, -0.2) is 4.79 Å². The molecular formula is C8H14BrNO3. The first-order valence-electron chi connectivity index (χ1n) is 3.85. The number of methoxy groups -OCH3 is 1. The van der Waals surface area contributed by atoms with Gasteiger partial charge in [0.25, 0.3) is 0 Å². The van der Waals surface area contributed by atoms with E-state index >= 15 is 0 Å². The van der Waals surface area contributed by atoms with Crippen molar-refractivity contribution in [2.24, 2.45) is 0 Å². The highest BCUT2D eigenvalue weighted by molar-refractivity contribution is 9.10. The van der Waals surface area contributed by atoms with Crippen LogP contribution in [0.4, 0.5) is 0 Å². The summed E-state index contributed by atoms with van der Waals surface area (Å²) in [5.74, 6) is -0.704. The fourth-order valence-electron chi connectivity index (χ4n) is 0.714. The number of rotatable bonds is 3. The highest BCUT2D eigenvalue weighted by atomic mass is 79.9. The van der Waals surface area contributed by atoms with E-state index in [4.69, 9.17) is 0 Å². The van der Waals surface area contributed by atoms with E-state index in [1.807, 2.05) is 0 Å². The maximum absolute atomic E-state index is 11.2. The lowest BCUT2D eigenvalue weighted by Crippen LogP contribution is -2.52. The highest BCUT2D eigenvalue weighted by Gasteiger charge is 2.31. The molecule has 76 valence electrons. The second kappa shape index (κ2) is 4.60. The Morgan fingerprint density at radius 3 is 2.23 bits per heavy atom. The molecule has 0 aromatic carbocycles. The largest absolute Gasteiger partial charge is 0.467 e. The quantitative estimate of drug-likeness (QED) is 0.598. The smallest absolute Gasteiger partial charge is 0.330 e. The standard InChI is InChI=1S/C8H14BrNO3/c1-5(9)6(11)10-8(2,3)7(12)13-4/h5H,1-4H3,(H,10,11). The van der Waals surface area contributed by atoms with Gasteiger partial charge < -0.3 is 10.1 Å². The fourth-order valence-corrected chi connectivity index (χ4v) is 0.828. The summed E-state index contributed by atoms with van der Waals surface area (Å²) in [6.07, 6.45) is 0. The zero-order chi connectivity index (χ0) is 10.6. The molecule has 5 heteroatoms. The summed E-state index contributed by atoms with van der Waals surface area (Å²) >= 11 is 3.10. The molecular weight excluding hydrogens is 238 g/mol. The predicted octanol–water partition coefficient (Wildman–Crippen LogP) is 0.838. The number of hydrogen-bond acceptors (Lipinski definition) is 3. The van der Waals surface area contributed by atoms with Crippen LogP contribution in [0.25, 0.3) is 0 Å². The minimum Gasteiger partial charge on any atom is -0.467 e. The van der Waals surface area contributed by atoms with Gasteiger partial charge in [0, 0.05) is 0 Å². The molecule has 0 saturated carbocycles. The summed E-state index contributed by atoms with van der Waals surface area (Å²) in [6.45, 7) is 4.86. The SMILES string of the molecule is COC(=O)C(C)(C)NC(=O)C(C)Br. The van der Waals surface area contributed by atoms with Crippen molar-refractivity contribution < 1.29 is 14.3 Å². The molecule has 1 unspecified atom stereocenters. The minimum atomic E-state index is -0.978. The number of nitrogens with one attached hydrogen (secondary N) is 1. The monoisotopic (exact) mass is 251 g/mol. The second-order valence-corrected chi connectivity index (χ2v) is 4.60. The van der Waals surface area contributed by atoms with Crippen molar-refractivity contribution in [3.8, 4) is 0 Å². The van der Waals surface area contributed by atoms with Gasteiger partial charge in [0.1, 0.15) is 5.54 Å². The summed E-state index contributed by atoms with van der Waals surface area (Å²) in [5, 5.41) is 2.55. The number of alkyl halides is 1. The van der Waals surface area contributed by atoms with Crippen molar-refractivity contribution in [3.05, 3.63) is 0 Å². The lowest BCUT2D eigenvalue weighted by molar-refractivity contribution is -0.149. The van der Waals surface area contributed by atoms with E-state index in [0.717, 1.165) is 0 Å². The van der Waals surface area contributed by atoms with Crippen molar-refractivity contribution in [3.63, 3.8) is 0 Å². The van der Waals surface area contributed by atoms with Gasteiger partial charge in [-0.1, -0.05) is 15.9 Å². The molecule has 1 atom stereocenters. The molecule has 0 aliphatic heterocycles. The van der Waals surface area contributed by atoms with E-state index in [9.17, 15) is 9.59 Å². The first-order valence-corrected chi connectivity index (χ1v) is 4.77. The van der Waals surface area contributed by atoms with Crippen LogP contribution in [0.2, 0.25) is 0 Å². The van der Waals surface area contributed by atoms with E-state index in [0.29, 0.717) is 0 Å². The van der Waals surface area contributed by atoms with Crippen molar-refractivity contribution in [2.75, 3.05) is 7.11 Å². The van der Waals surface area contributed by atoms with Crippen LogP contribution in [0.15, 0.2) is 0 Å². The molecule has 0 aromatic heterocycles. The molecule has 0 saturated heterocycles. The summed E-state index contributed by atoms with van der Waals surface area (Å²) in [4.78, 5) is 22.0. The Kier molecular flexibility index (Phi) is 4.39. The van der Waals surface area contributed by atoms with Crippen molar-refractivity contribution >= 4 is 27.8 Å². The number of ether oxygens (including phenoxy) is 1. The third-order valence-electron chi connectivity index (χ3n) is 1.49. The number of amides is 1. The maximum Gasteiger partial charge on any atom is 0.330 e. The van der Waals surface area contributed by atoms with Crippen LogP contribution < -0.4 is 5.32 Å². The molecule has 0 radical (unpaired) electrons. The Balaban J connectivity index is 4.33. The Hall–Kier alpha value is -0.580. The molecule has 0 rings (SSSR count). The van der Waals surface area contributed by atoms with Gasteiger partial charge >= 0.3 is 5.97 Å². The fraction of sp³-hybridized carbons (Fsp3) is 0.750. The van der Waals surface area contributed by atoms with Gasteiger partial charge in [-0.15, -0.1) is 0 Å². The summed E-state index contributed by atoms with van der Waals surface area (Å²) in [7, 11) is 1.29. The van der Waals surface area contributed by atoms with Crippen LogP contribution in [0.3, 0.4) is 0 Å². The van der Waals surface area contributed by atoms with Gasteiger partial charge in [0.2, 0.25) is 5.91 Å². The van der Waals surface area contributed by atoms with Crippen LogP contribution >= 0.6 is 15.9 Å². The van der Waals surface area contributed by atoms with E-state index < -0.39 is 11.5 Å². The Morgan fingerprint density at radius 1 is 1.46 bits per heavy atom. The zero-order valence-corrected chi connectivity index (χ0v) is 9.77. The van der Waals surface area contributed by atoms with Crippen molar-refractivity contribution in [2.45, 2.75) is 31.1 Å². The number of esters is 1. The predicted molar refractivity (Wildman–Crippen MR) is 52.6 cm³/mol. The number of halogens is 1. The minimum absolute atomic E-state index is 0.240. The van der Waals surface area contributed by atoms with E-state index in [1.54, 1.807) is 20.8 Å². The number of carbonyl (C=O) groups excluding carboxylic acids is 2. The molecule has 0 bridgehead atoms. The normalized spacial score (nSPS) is 13.3. The van der Waals surface area contributed by atoms with Gasteiger partial charge in [-0.05, 0) is 20.8 Å². The molecule has 0 heterocycles. The van der Waals surface area contributed by atoms with Gasteiger partial charge in [0.05, 0.1) is 11.9 Å². The van der Waals surface area contributed by atoms with Crippen LogP contribution in [0.1, 0.15) is 20.8 Å². The second-order valence-electron chi connectivity index (χ2n) is 3.22. The number of carbonyl (C=O) groups is 2. The van der Waals surface area contributed by atoms with E-state index in [2.05, 4.69) is 26.0 Å². The topological polar surface area (TPSA) is 55.4 Å². The molecule has 1 N–H and O–H groups in total. The molecule has 0 aliphatic rings. The van der Waals surface area contributed by atoms with Gasteiger partial charge in [-0.2, -0.15) is 0 Å². The van der Waals surface area contributed by atoms with Crippen LogP contribution in [0.5, 0.6) is 0 Å². The molecule has 0 aliphatic carbocycles. The average molecular weight is 252 g/mol. The third-order valence-corrected chi connectivity index (χ3v) is 1.91. The Labute approximate surface area is 86.1 Å². The maximum atomic E-state index is 11.2. The summed E-state index contributed by atoms with van der Waals surface area (Å²) < 4.78 is 4.53. The third kappa shape index (κ3) is 3.76. The molecule has 4 nitrogen and oxygen atoms in total. The Bertz CT molecular complexity index is 213. The van der Waals surface area contributed by atoms with Gasteiger partial charge in [0.15, 0.2) is 0 Å². The highest BCUT2D eigenvalue weighted by Crippen LogP contribution is 2.07. The van der Waals surface area contributed by atoms with E-state index in [-0.39, 0.29) is 10.7 Å². The molecule has 1 amide bonds. The van der Waals surface area contributed by atoms with Crippen LogP contribution in [-0.4, -0.2) is 29.4 Å². The lowest BCUT2D eigenvalue weighted by Gasteiger charge is -2.23. The van der Waals surface area contributed by atoms with Crippen molar-refractivity contribution in [1.82, 2.24) is 5.32 Å². The lowest BCUT2D eigenvalue weighted by atomic mass is 10.1. The number of hydrogen-bond donors (Lipinski definition) is 1. The molecule has 0 aromatic rings. The average Bonchev–Trinajstić information content (AvgIpc) is 2.01. The Morgan fingerprint density at radius 2 is 1.92 bits per heavy atom. The summed E-state index contributed by atoms with van der Waals surface area (Å²) in [5.41, 5.74) is -0.978. The zero-order valence-electron chi connectivity index (χ0n) is 8.18. The molecule has 0 fully saturated rings. The van der Waals surface area contributed by atoms with Crippen LogP contribution in [-0.2, 0) is 14.3 Å².